The topological polar surface area (TPSA) is 58.6 Å². The van der Waals surface area contributed by atoms with Gasteiger partial charge in [-0.2, -0.15) is 0 Å². The highest BCUT2D eigenvalue weighted by molar-refractivity contribution is 5.90. The summed E-state index contributed by atoms with van der Waals surface area (Å²) in [4.78, 5) is 12.0. The van der Waals surface area contributed by atoms with Crippen LogP contribution < -0.4 is 10.1 Å². The molecule has 0 heterocycles. The van der Waals surface area contributed by atoms with E-state index in [0.717, 1.165) is 12.1 Å². The summed E-state index contributed by atoms with van der Waals surface area (Å²) in [6.45, 7) is 2.39. The average molecular weight is 313 g/mol. The van der Waals surface area contributed by atoms with E-state index in [1.54, 1.807) is 24.3 Å². The largest absolute Gasteiger partial charge is 0.491 e. The van der Waals surface area contributed by atoms with Crippen LogP contribution in [0, 0.1) is 0 Å². The fourth-order valence-corrected chi connectivity index (χ4v) is 2.32. The minimum absolute atomic E-state index is 0.0109. The third-order valence-electron chi connectivity index (χ3n) is 3.67. The van der Waals surface area contributed by atoms with Crippen LogP contribution in [0.1, 0.15) is 31.2 Å². The Morgan fingerprint density at radius 1 is 1.13 bits per heavy atom. The number of anilines is 1. The molecule has 2 aromatic rings. The molecule has 0 saturated heterocycles. The van der Waals surface area contributed by atoms with Crippen molar-refractivity contribution in [3.05, 3.63) is 60.2 Å². The third kappa shape index (κ3) is 5.75. The van der Waals surface area contributed by atoms with Gasteiger partial charge in [0.2, 0.25) is 5.91 Å². The summed E-state index contributed by atoms with van der Waals surface area (Å²) < 4.78 is 5.28. The Morgan fingerprint density at radius 3 is 2.48 bits per heavy atom. The maximum absolute atomic E-state index is 12.0. The lowest BCUT2D eigenvalue weighted by atomic mass is 9.96. The highest BCUT2D eigenvalue weighted by atomic mass is 16.5. The lowest BCUT2D eigenvalue weighted by molar-refractivity contribution is -0.116. The SMILES string of the molecule is CC(CCC(=O)Nc1ccc(OCCO)cc1)c1ccccc1. The lowest BCUT2D eigenvalue weighted by Gasteiger charge is -2.12. The fourth-order valence-electron chi connectivity index (χ4n) is 2.32. The van der Waals surface area contributed by atoms with Crippen molar-refractivity contribution in [3.63, 3.8) is 0 Å². The summed E-state index contributed by atoms with van der Waals surface area (Å²) in [7, 11) is 0. The molecule has 2 aromatic carbocycles. The molecule has 0 aromatic heterocycles. The highest BCUT2D eigenvalue weighted by Crippen LogP contribution is 2.21. The van der Waals surface area contributed by atoms with Gasteiger partial charge in [0.05, 0.1) is 6.61 Å². The average Bonchev–Trinajstić information content (AvgIpc) is 2.60. The van der Waals surface area contributed by atoms with Gasteiger partial charge in [-0.1, -0.05) is 37.3 Å². The van der Waals surface area contributed by atoms with Crippen molar-refractivity contribution in [1.29, 1.82) is 0 Å². The number of aliphatic hydroxyl groups is 1. The molecular formula is C19H23NO3. The fraction of sp³-hybridized carbons (Fsp3) is 0.316. The summed E-state index contributed by atoms with van der Waals surface area (Å²) in [5.41, 5.74) is 2.00. The van der Waals surface area contributed by atoms with Crippen molar-refractivity contribution in [2.24, 2.45) is 0 Å². The van der Waals surface area contributed by atoms with Crippen LogP contribution >= 0.6 is 0 Å². The maximum atomic E-state index is 12.0. The first-order chi connectivity index (χ1) is 11.2. The summed E-state index contributed by atoms with van der Waals surface area (Å²) in [6, 6.07) is 17.4. The molecule has 1 atom stereocenters. The summed E-state index contributed by atoms with van der Waals surface area (Å²) in [5, 5.41) is 11.6. The van der Waals surface area contributed by atoms with Crippen LogP contribution in [0.4, 0.5) is 5.69 Å². The molecule has 0 fully saturated rings. The zero-order valence-electron chi connectivity index (χ0n) is 13.4. The Labute approximate surface area is 137 Å². The Bertz CT molecular complexity index is 596. The Kier molecular flexibility index (Phi) is 6.63. The number of hydrogen-bond donors (Lipinski definition) is 2. The quantitative estimate of drug-likeness (QED) is 0.783. The monoisotopic (exact) mass is 313 g/mol. The van der Waals surface area contributed by atoms with Gasteiger partial charge in [0, 0.05) is 12.1 Å². The molecule has 0 spiro atoms. The maximum Gasteiger partial charge on any atom is 0.224 e. The Balaban J connectivity index is 1.78. The number of ether oxygens (including phenoxy) is 1. The second-order valence-electron chi connectivity index (χ2n) is 5.50. The first-order valence-electron chi connectivity index (χ1n) is 7.87. The smallest absolute Gasteiger partial charge is 0.224 e. The van der Waals surface area contributed by atoms with E-state index in [0.29, 0.717) is 18.1 Å². The number of aliphatic hydroxyl groups excluding tert-OH is 1. The minimum Gasteiger partial charge on any atom is -0.491 e. The molecule has 4 nitrogen and oxygen atoms in total. The molecule has 0 aliphatic rings. The number of amides is 1. The summed E-state index contributed by atoms with van der Waals surface area (Å²) in [6.07, 6.45) is 1.30. The zero-order valence-corrected chi connectivity index (χ0v) is 13.4. The van der Waals surface area contributed by atoms with E-state index in [1.807, 2.05) is 18.2 Å². The number of carbonyl (C=O) groups excluding carboxylic acids is 1. The highest BCUT2D eigenvalue weighted by Gasteiger charge is 2.09. The molecule has 0 aliphatic heterocycles. The molecule has 0 radical (unpaired) electrons. The molecule has 2 N–H and O–H groups in total. The molecule has 1 amide bonds. The molecule has 23 heavy (non-hydrogen) atoms. The number of benzene rings is 2. The first-order valence-corrected chi connectivity index (χ1v) is 7.87. The lowest BCUT2D eigenvalue weighted by Crippen LogP contribution is -2.12. The number of nitrogens with one attached hydrogen (secondary N) is 1. The number of carbonyl (C=O) groups is 1. The van der Waals surface area contributed by atoms with Crippen molar-refractivity contribution in [2.45, 2.75) is 25.7 Å². The second-order valence-corrected chi connectivity index (χ2v) is 5.50. The zero-order chi connectivity index (χ0) is 16.5. The van der Waals surface area contributed by atoms with Crippen LogP contribution in [0.5, 0.6) is 5.75 Å². The van der Waals surface area contributed by atoms with Crippen molar-refractivity contribution < 1.29 is 14.6 Å². The Hall–Kier alpha value is -2.33. The van der Waals surface area contributed by atoms with Gasteiger partial charge in [0.25, 0.3) is 0 Å². The van der Waals surface area contributed by atoms with E-state index in [-0.39, 0.29) is 19.1 Å². The molecular weight excluding hydrogens is 290 g/mol. The van der Waals surface area contributed by atoms with Crippen molar-refractivity contribution >= 4 is 11.6 Å². The van der Waals surface area contributed by atoms with Gasteiger partial charge in [-0.15, -0.1) is 0 Å². The predicted molar refractivity (Wildman–Crippen MR) is 91.7 cm³/mol. The summed E-state index contributed by atoms with van der Waals surface area (Å²) >= 11 is 0. The van der Waals surface area contributed by atoms with Gasteiger partial charge >= 0.3 is 0 Å². The van der Waals surface area contributed by atoms with Gasteiger partial charge < -0.3 is 15.2 Å². The normalized spacial score (nSPS) is 11.7. The second kappa shape index (κ2) is 8.96. The van der Waals surface area contributed by atoms with Crippen LogP contribution in [0.2, 0.25) is 0 Å². The van der Waals surface area contributed by atoms with Crippen LogP contribution in [-0.2, 0) is 4.79 Å². The van der Waals surface area contributed by atoms with E-state index < -0.39 is 0 Å². The Morgan fingerprint density at radius 2 is 1.83 bits per heavy atom. The standard InChI is InChI=1S/C19H23NO3/c1-15(16-5-3-2-4-6-16)7-12-19(22)20-17-8-10-18(11-9-17)23-14-13-21/h2-6,8-11,15,21H,7,12-14H2,1H3,(H,20,22). The van der Waals surface area contributed by atoms with E-state index in [2.05, 4.69) is 24.4 Å². The van der Waals surface area contributed by atoms with Gasteiger partial charge in [0.15, 0.2) is 0 Å². The third-order valence-corrected chi connectivity index (χ3v) is 3.67. The van der Waals surface area contributed by atoms with Gasteiger partial charge in [-0.25, -0.2) is 0 Å². The van der Waals surface area contributed by atoms with Crippen LogP contribution in [0.3, 0.4) is 0 Å². The van der Waals surface area contributed by atoms with Crippen molar-refractivity contribution in [3.8, 4) is 5.75 Å². The minimum atomic E-state index is -0.0158. The predicted octanol–water partition coefficient (Wildman–Crippen LogP) is 3.58. The van der Waals surface area contributed by atoms with E-state index in [9.17, 15) is 4.79 Å². The van der Waals surface area contributed by atoms with E-state index in [1.165, 1.54) is 5.56 Å². The van der Waals surface area contributed by atoms with Crippen LogP contribution in [0.25, 0.3) is 0 Å². The van der Waals surface area contributed by atoms with E-state index >= 15 is 0 Å². The molecule has 0 aliphatic carbocycles. The van der Waals surface area contributed by atoms with Crippen LogP contribution in [0.15, 0.2) is 54.6 Å². The van der Waals surface area contributed by atoms with Gasteiger partial charge in [-0.05, 0) is 42.2 Å². The van der Waals surface area contributed by atoms with Gasteiger partial charge in [-0.3, -0.25) is 4.79 Å². The van der Waals surface area contributed by atoms with Crippen molar-refractivity contribution in [2.75, 3.05) is 18.5 Å². The molecule has 2 rings (SSSR count). The van der Waals surface area contributed by atoms with Gasteiger partial charge in [0.1, 0.15) is 12.4 Å². The molecule has 4 heteroatoms. The molecule has 1 unspecified atom stereocenters. The van der Waals surface area contributed by atoms with Crippen molar-refractivity contribution in [1.82, 2.24) is 0 Å². The molecule has 0 bridgehead atoms. The van der Waals surface area contributed by atoms with Crippen LogP contribution in [-0.4, -0.2) is 24.2 Å². The molecule has 122 valence electrons. The summed E-state index contributed by atoms with van der Waals surface area (Å²) in [5.74, 6) is 1.04. The number of rotatable bonds is 8. The molecule has 0 saturated carbocycles. The first kappa shape index (κ1) is 17.0. The number of hydrogen-bond acceptors (Lipinski definition) is 3. The van der Waals surface area contributed by atoms with E-state index in [4.69, 9.17) is 9.84 Å².